The van der Waals surface area contributed by atoms with Gasteiger partial charge in [0.15, 0.2) is 0 Å². The van der Waals surface area contributed by atoms with Gasteiger partial charge in [-0.05, 0) is 49.6 Å². The predicted octanol–water partition coefficient (Wildman–Crippen LogP) is 3.14. The van der Waals surface area contributed by atoms with Crippen molar-refractivity contribution in [2.24, 2.45) is 5.92 Å². The lowest BCUT2D eigenvalue weighted by Gasteiger charge is -2.34. The summed E-state index contributed by atoms with van der Waals surface area (Å²) < 4.78 is 0. The third kappa shape index (κ3) is 4.37. The van der Waals surface area contributed by atoms with Crippen molar-refractivity contribution in [3.8, 4) is 0 Å². The Morgan fingerprint density at radius 2 is 1.93 bits per heavy atom. The zero-order valence-electron chi connectivity index (χ0n) is 16.2. The molecule has 2 unspecified atom stereocenters. The number of halogens is 1. The van der Waals surface area contributed by atoms with Crippen LogP contribution in [-0.2, 0) is 11.2 Å². The van der Waals surface area contributed by atoms with E-state index in [-0.39, 0.29) is 17.9 Å². The first-order valence-electron chi connectivity index (χ1n) is 10.1. The predicted molar refractivity (Wildman–Crippen MR) is 111 cm³/mol. The van der Waals surface area contributed by atoms with Gasteiger partial charge in [-0.15, -0.1) is 0 Å². The van der Waals surface area contributed by atoms with Crippen LogP contribution in [0.3, 0.4) is 0 Å². The van der Waals surface area contributed by atoms with Crippen LogP contribution in [0.1, 0.15) is 42.6 Å². The van der Waals surface area contributed by atoms with E-state index in [0.717, 1.165) is 48.8 Å². The van der Waals surface area contributed by atoms with E-state index in [1.807, 2.05) is 17.0 Å². The van der Waals surface area contributed by atoms with Gasteiger partial charge in [-0.1, -0.05) is 29.8 Å². The molecule has 1 aromatic heterocycles. The fourth-order valence-corrected chi connectivity index (χ4v) is 4.30. The Morgan fingerprint density at radius 3 is 2.61 bits per heavy atom. The van der Waals surface area contributed by atoms with Crippen molar-refractivity contribution in [3.05, 3.63) is 64.4 Å². The van der Waals surface area contributed by atoms with Crippen LogP contribution in [0.25, 0.3) is 0 Å². The average molecular weight is 399 g/mol. The number of hydrazine groups is 1. The van der Waals surface area contributed by atoms with E-state index in [1.54, 1.807) is 0 Å². The van der Waals surface area contributed by atoms with Crippen molar-refractivity contribution in [2.75, 3.05) is 19.6 Å². The Bertz CT molecular complexity index is 818. The zero-order valence-corrected chi connectivity index (χ0v) is 17.0. The number of carbonyl (C=O) groups excluding carboxylic acids is 1. The molecule has 0 bridgehead atoms. The number of rotatable bonds is 4. The van der Waals surface area contributed by atoms with Crippen molar-refractivity contribution in [1.82, 2.24) is 20.7 Å². The number of pyridine rings is 1. The van der Waals surface area contributed by atoms with E-state index in [0.29, 0.717) is 12.5 Å². The Kier molecular flexibility index (Phi) is 5.95. The summed E-state index contributed by atoms with van der Waals surface area (Å²) in [4.78, 5) is 19.7. The van der Waals surface area contributed by atoms with E-state index >= 15 is 0 Å². The molecule has 148 valence electrons. The molecule has 3 heterocycles. The average Bonchev–Trinajstić information content (AvgIpc) is 3.15. The molecule has 2 atom stereocenters. The lowest BCUT2D eigenvalue weighted by Crippen LogP contribution is -2.44. The molecule has 5 nitrogen and oxygen atoms in total. The van der Waals surface area contributed by atoms with Gasteiger partial charge in [0.2, 0.25) is 5.91 Å². The zero-order chi connectivity index (χ0) is 19.5. The van der Waals surface area contributed by atoms with Crippen LogP contribution in [0, 0.1) is 5.92 Å². The number of benzene rings is 1. The summed E-state index contributed by atoms with van der Waals surface area (Å²) in [6, 6.07) is 14.4. The number of piperidine rings is 1. The molecular formula is C22H27ClN4O. The van der Waals surface area contributed by atoms with Crippen molar-refractivity contribution in [3.63, 3.8) is 0 Å². The highest BCUT2D eigenvalue weighted by Crippen LogP contribution is 2.28. The fraction of sp³-hybridized carbons (Fsp3) is 0.455. The highest BCUT2D eigenvalue weighted by molar-refractivity contribution is 6.30. The molecule has 4 rings (SSSR count). The van der Waals surface area contributed by atoms with Crippen LogP contribution >= 0.6 is 11.6 Å². The quantitative estimate of drug-likeness (QED) is 0.830. The first-order chi connectivity index (χ1) is 13.6. The number of nitrogens with zero attached hydrogens (tertiary/aromatic N) is 2. The minimum absolute atomic E-state index is 0.0392. The molecule has 1 aromatic carbocycles. The molecule has 0 aliphatic carbocycles. The summed E-state index contributed by atoms with van der Waals surface area (Å²) in [5, 5.41) is 0.755. The first kappa shape index (κ1) is 19.4. The third-order valence-electron chi connectivity index (χ3n) is 5.92. The Hall–Kier alpha value is -1.95. The molecule has 6 heteroatoms. The minimum atomic E-state index is 0.0392. The largest absolute Gasteiger partial charge is 0.342 e. The standard InChI is InChI=1S/C22H27ClN4O/c1-15-20(14-24-26-15)22(28)27-11-9-17(10-12-27)21-4-2-3-19(25-21)13-16-5-7-18(23)8-6-16/h2-8,15,17,20,24,26H,9-14H2,1H3. The Balaban J connectivity index is 1.36. The molecule has 2 aromatic rings. The van der Waals surface area contributed by atoms with E-state index in [4.69, 9.17) is 16.6 Å². The number of hydrogen-bond donors (Lipinski definition) is 2. The number of amides is 1. The Labute approximate surface area is 171 Å². The van der Waals surface area contributed by atoms with Gasteiger partial charge in [0.1, 0.15) is 0 Å². The third-order valence-corrected chi connectivity index (χ3v) is 6.18. The van der Waals surface area contributed by atoms with Crippen LogP contribution in [-0.4, -0.2) is 41.5 Å². The van der Waals surface area contributed by atoms with Crippen LogP contribution < -0.4 is 10.9 Å². The van der Waals surface area contributed by atoms with Gasteiger partial charge in [-0.2, -0.15) is 0 Å². The number of likely N-dealkylation sites (tertiary alicyclic amines) is 1. The van der Waals surface area contributed by atoms with Crippen LogP contribution in [0.15, 0.2) is 42.5 Å². The molecule has 2 saturated heterocycles. The number of nitrogens with one attached hydrogen (secondary N) is 2. The minimum Gasteiger partial charge on any atom is -0.342 e. The molecule has 2 fully saturated rings. The maximum atomic E-state index is 12.8. The van der Waals surface area contributed by atoms with E-state index in [2.05, 4.69) is 48.1 Å². The second-order valence-electron chi connectivity index (χ2n) is 7.88. The van der Waals surface area contributed by atoms with Gasteiger partial charge in [0, 0.05) is 54.4 Å². The monoisotopic (exact) mass is 398 g/mol. The summed E-state index contributed by atoms with van der Waals surface area (Å²) in [5.74, 6) is 0.733. The SMILES string of the molecule is CC1NNCC1C(=O)N1CCC(c2cccc(Cc3ccc(Cl)cc3)n2)CC1. The van der Waals surface area contributed by atoms with Gasteiger partial charge in [-0.25, -0.2) is 0 Å². The first-order valence-corrected chi connectivity index (χ1v) is 10.5. The molecule has 0 saturated carbocycles. The topological polar surface area (TPSA) is 57.3 Å². The van der Waals surface area contributed by atoms with Gasteiger partial charge in [0.25, 0.3) is 0 Å². The van der Waals surface area contributed by atoms with Crippen molar-refractivity contribution >= 4 is 17.5 Å². The van der Waals surface area contributed by atoms with E-state index in [9.17, 15) is 4.79 Å². The molecule has 2 N–H and O–H groups in total. The second-order valence-corrected chi connectivity index (χ2v) is 8.31. The summed E-state index contributed by atoms with van der Waals surface area (Å²) in [6.07, 6.45) is 2.76. The van der Waals surface area contributed by atoms with Crippen molar-refractivity contribution < 1.29 is 4.79 Å². The molecule has 2 aliphatic heterocycles. The lowest BCUT2D eigenvalue weighted by molar-refractivity contribution is -0.136. The van der Waals surface area contributed by atoms with Gasteiger partial charge in [0.05, 0.1) is 5.92 Å². The smallest absolute Gasteiger partial charge is 0.228 e. The summed E-state index contributed by atoms with van der Waals surface area (Å²) in [7, 11) is 0. The molecule has 2 aliphatic rings. The van der Waals surface area contributed by atoms with Gasteiger partial charge >= 0.3 is 0 Å². The van der Waals surface area contributed by atoms with Crippen LogP contribution in [0.4, 0.5) is 0 Å². The van der Waals surface area contributed by atoms with Gasteiger partial charge in [-0.3, -0.25) is 20.6 Å². The number of aromatic nitrogens is 1. The normalized spacial score (nSPS) is 23.1. The summed E-state index contributed by atoms with van der Waals surface area (Å²) in [6.45, 7) is 4.41. The van der Waals surface area contributed by atoms with E-state index in [1.165, 1.54) is 5.56 Å². The fourth-order valence-electron chi connectivity index (χ4n) is 4.17. The van der Waals surface area contributed by atoms with Gasteiger partial charge < -0.3 is 4.90 Å². The molecule has 0 radical (unpaired) electrons. The van der Waals surface area contributed by atoms with Crippen molar-refractivity contribution in [2.45, 2.75) is 38.1 Å². The maximum Gasteiger partial charge on any atom is 0.228 e. The highest BCUT2D eigenvalue weighted by Gasteiger charge is 2.34. The van der Waals surface area contributed by atoms with Crippen LogP contribution in [0.5, 0.6) is 0 Å². The van der Waals surface area contributed by atoms with E-state index < -0.39 is 0 Å². The molecule has 28 heavy (non-hydrogen) atoms. The lowest BCUT2D eigenvalue weighted by atomic mass is 9.91. The molecular weight excluding hydrogens is 372 g/mol. The number of carbonyl (C=O) groups is 1. The second kappa shape index (κ2) is 8.60. The number of hydrogen-bond acceptors (Lipinski definition) is 4. The molecule has 1 amide bonds. The summed E-state index contributed by atoms with van der Waals surface area (Å²) >= 11 is 5.97. The summed E-state index contributed by atoms with van der Waals surface area (Å²) in [5.41, 5.74) is 9.67. The maximum absolute atomic E-state index is 12.8. The molecule has 0 spiro atoms. The Morgan fingerprint density at radius 1 is 1.18 bits per heavy atom. The van der Waals surface area contributed by atoms with Crippen LogP contribution in [0.2, 0.25) is 5.02 Å². The van der Waals surface area contributed by atoms with Crippen molar-refractivity contribution in [1.29, 1.82) is 0 Å². The highest BCUT2D eigenvalue weighted by atomic mass is 35.5.